The summed E-state index contributed by atoms with van der Waals surface area (Å²) in [5.74, 6) is 1.04. The van der Waals surface area contributed by atoms with Gasteiger partial charge in [-0.3, -0.25) is 0 Å². The second-order valence-electron chi connectivity index (χ2n) is 5.09. The minimum absolute atomic E-state index is 0.507. The Balaban J connectivity index is 2.08. The lowest BCUT2D eigenvalue weighted by molar-refractivity contribution is 0.303. The fraction of sp³-hybridized carbons (Fsp3) is 0.500. The van der Waals surface area contributed by atoms with E-state index >= 15 is 0 Å². The molecule has 1 nitrogen and oxygen atoms in total. The lowest BCUT2D eigenvalue weighted by Crippen LogP contribution is -2.37. The van der Waals surface area contributed by atoms with Crippen LogP contribution in [0.15, 0.2) is 24.3 Å². The van der Waals surface area contributed by atoms with Crippen molar-refractivity contribution < 1.29 is 4.74 Å². The molecule has 0 amide bonds. The van der Waals surface area contributed by atoms with E-state index in [2.05, 4.69) is 43.9 Å². The van der Waals surface area contributed by atoms with E-state index in [1.54, 1.807) is 0 Å². The molecular weight excluding hydrogens is 188 g/mol. The van der Waals surface area contributed by atoms with Crippen LogP contribution in [0.5, 0.6) is 5.75 Å². The minimum atomic E-state index is -1.14. The van der Waals surface area contributed by atoms with Gasteiger partial charge in [-0.25, -0.2) is 0 Å². The van der Waals surface area contributed by atoms with E-state index in [9.17, 15) is 0 Å². The molecule has 0 aromatic heterocycles. The van der Waals surface area contributed by atoms with Gasteiger partial charge in [-0.2, -0.15) is 0 Å². The van der Waals surface area contributed by atoms with Crippen molar-refractivity contribution in [1.29, 1.82) is 0 Å². The van der Waals surface area contributed by atoms with Crippen LogP contribution in [0.4, 0.5) is 0 Å². The number of ether oxygens (including phenoxy) is 1. The van der Waals surface area contributed by atoms with Gasteiger partial charge in [-0.1, -0.05) is 37.0 Å². The van der Waals surface area contributed by atoms with Crippen LogP contribution in [-0.4, -0.2) is 14.2 Å². The van der Waals surface area contributed by atoms with Crippen molar-refractivity contribution in [2.45, 2.75) is 38.6 Å². The van der Waals surface area contributed by atoms with Gasteiger partial charge < -0.3 is 4.74 Å². The average Bonchev–Trinajstić information content (AvgIpc) is 2.88. The standard InChI is InChI=1S/C12H18OSi/c1-14(2,3)12-8-6-11(7-9-12)13-10-4-5-10/h6-10H,4-5H2,1-3H3. The third-order valence-electron chi connectivity index (χ3n) is 2.55. The molecule has 14 heavy (non-hydrogen) atoms. The molecule has 0 aliphatic heterocycles. The maximum Gasteiger partial charge on any atom is 0.119 e. The van der Waals surface area contributed by atoms with Crippen LogP contribution >= 0.6 is 0 Å². The van der Waals surface area contributed by atoms with Crippen molar-refractivity contribution in [2.75, 3.05) is 0 Å². The topological polar surface area (TPSA) is 9.23 Å². The first-order valence-electron chi connectivity index (χ1n) is 5.33. The maximum absolute atomic E-state index is 5.71. The SMILES string of the molecule is C[Si](C)(C)c1ccc(OC2CC2)cc1. The molecule has 0 saturated heterocycles. The number of hydrogen-bond acceptors (Lipinski definition) is 1. The summed E-state index contributed by atoms with van der Waals surface area (Å²) in [6.45, 7) is 7.09. The summed E-state index contributed by atoms with van der Waals surface area (Å²) in [6, 6.07) is 8.69. The zero-order valence-corrected chi connectivity index (χ0v) is 10.2. The van der Waals surface area contributed by atoms with E-state index in [0.29, 0.717) is 6.10 Å². The molecule has 0 bridgehead atoms. The van der Waals surface area contributed by atoms with E-state index in [0.717, 1.165) is 5.75 Å². The molecule has 2 heteroatoms. The highest BCUT2D eigenvalue weighted by molar-refractivity contribution is 6.88. The number of rotatable bonds is 3. The van der Waals surface area contributed by atoms with E-state index in [-0.39, 0.29) is 0 Å². The van der Waals surface area contributed by atoms with Crippen LogP contribution in [-0.2, 0) is 0 Å². The Morgan fingerprint density at radius 2 is 1.64 bits per heavy atom. The monoisotopic (exact) mass is 206 g/mol. The summed E-state index contributed by atoms with van der Waals surface area (Å²) in [5, 5.41) is 1.50. The summed E-state index contributed by atoms with van der Waals surface area (Å²) in [5.41, 5.74) is 0. The van der Waals surface area contributed by atoms with Crippen molar-refractivity contribution in [3.05, 3.63) is 24.3 Å². The van der Waals surface area contributed by atoms with Gasteiger partial charge >= 0.3 is 0 Å². The van der Waals surface area contributed by atoms with Crippen molar-refractivity contribution in [1.82, 2.24) is 0 Å². The fourth-order valence-electron chi connectivity index (χ4n) is 1.41. The molecule has 1 fully saturated rings. The second kappa shape index (κ2) is 3.43. The first kappa shape index (κ1) is 9.78. The highest BCUT2D eigenvalue weighted by Gasteiger charge is 2.23. The van der Waals surface area contributed by atoms with Crippen LogP contribution in [0.25, 0.3) is 0 Å². The Morgan fingerprint density at radius 1 is 1.07 bits per heavy atom. The Labute approximate surface area is 87.1 Å². The average molecular weight is 206 g/mol. The predicted molar refractivity (Wildman–Crippen MR) is 63.1 cm³/mol. The van der Waals surface area contributed by atoms with Gasteiger partial charge in [0.25, 0.3) is 0 Å². The smallest absolute Gasteiger partial charge is 0.119 e. The van der Waals surface area contributed by atoms with E-state index < -0.39 is 8.07 Å². The lowest BCUT2D eigenvalue weighted by atomic mass is 10.3. The summed E-state index contributed by atoms with van der Waals surface area (Å²) in [6.07, 6.45) is 2.97. The van der Waals surface area contributed by atoms with Crippen molar-refractivity contribution in [3.8, 4) is 5.75 Å². The zero-order valence-electron chi connectivity index (χ0n) is 9.21. The molecule has 0 atom stereocenters. The van der Waals surface area contributed by atoms with Gasteiger partial charge in [0, 0.05) is 0 Å². The van der Waals surface area contributed by atoms with Crippen molar-refractivity contribution in [3.63, 3.8) is 0 Å². The molecule has 0 radical (unpaired) electrons. The normalized spacial score (nSPS) is 16.8. The highest BCUT2D eigenvalue weighted by atomic mass is 28.3. The Bertz CT molecular complexity index is 306. The molecule has 0 N–H and O–H groups in total. The molecule has 1 aromatic carbocycles. The summed E-state index contributed by atoms with van der Waals surface area (Å²) >= 11 is 0. The predicted octanol–water partition coefficient (Wildman–Crippen LogP) is 2.77. The Hall–Kier alpha value is -0.763. The van der Waals surface area contributed by atoms with Crippen molar-refractivity contribution in [2.24, 2.45) is 0 Å². The molecule has 1 aromatic rings. The Kier molecular flexibility index (Phi) is 2.39. The second-order valence-corrected chi connectivity index (χ2v) is 10.2. The molecule has 76 valence electrons. The lowest BCUT2D eigenvalue weighted by Gasteiger charge is -2.16. The van der Waals surface area contributed by atoms with Crippen LogP contribution in [0.3, 0.4) is 0 Å². The first-order valence-corrected chi connectivity index (χ1v) is 8.83. The largest absolute Gasteiger partial charge is 0.490 e. The van der Waals surface area contributed by atoms with Crippen LogP contribution in [0.2, 0.25) is 19.6 Å². The molecule has 0 heterocycles. The highest BCUT2D eigenvalue weighted by Crippen LogP contribution is 2.26. The molecule has 1 saturated carbocycles. The zero-order chi connectivity index (χ0) is 10.2. The van der Waals surface area contributed by atoms with Gasteiger partial charge in [0.05, 0.1) is 14.2 Å². The maximum atomic E-state index is 5.71. The summed E-state index contributed by atoms with van der Waals surface area (Å²) in [7, 11) is -1.14. The van der Waals surface area contributed by atoms with Gasteiger partial charge in [-0.15, -0.1) is 0 Å². The third-order valence-corrected chi connectivity index (χ3v) is 4.61. The van der Waals surface area contributed by atoms with Gasteiger partial charge in [-0.05, 0) is 25.0 Å². The summed E-state index contributed by atoms with van der Waals surface area (Å²) in [4.78, 5) is 0. The molecular formula is C12H18OSi. The van der Waals surface area contributed by atoms with Gasteiger partial charge in [0.15, 0.2) is 0 Å². The quantitative estimate of drug-likeness (QED) is 0.691. The molecule has 1 aliphatic carbocycles. The third kappa shape index (κ3) is 2.38. The van der Waals surface area contributed by atoms with E-state index in [1.807, 2.05) is 0 Å². The number of benzene rings is 1. The van der Waals surface area contributed by atoms with Gasteiger partial charge in [0.1, 0.15) is 5.75 Å². The van der Waals surface area contributed by atoms with Crippen LogP contribution in [0.1, 0.15) is 12.8 Å². The fourth-order valence-corrected chi connectivity index (χ4v) is 2.58. The Morgan fingerprint density at radius 3 is 2.07 bits per heavy atom. The van der Waals surface area contributed by atoms with Gasteiger partial charge in [0.2, 0.25) is 0 Å². The molecule has 2 rings (SSSR count). The molecule has 0 unspecified atom stereocenters. The van der Waals surface area contributed by atoms with Crippen molar-refractivity contribution >= 4 is 13.3 Å². The number of hydrogen-bond donors (Lipinski definition) is 0. The van der Waals surface area contributed by atoms with Crippen LogP contribution in [0, 0.1) is 0 Å². The van der Waals surface area contributed by atoms with E-state index in [1.165, 1.54) is 18.0 Å². The van der Waals surface area contributed by atoms with E-state index in [4.69, 9.17) is 4.74 Å². The molecule has 0 spiro atoms. The minimum Gasteiger partial charge on any atom is -0.490 e. The molecule has 1 aliphatic rings. The van der Waals surface area contributed by atoms with Crippen LogP contribution < -0.4 is 9.92 Å². The first-order chi connectivity index (χ1) is 6.55. The summed E-state index contributed by atoms with van der Waals surface area (Å²) < 4.78 is 5.71.